The summed E-state index contributed by atoms with van der Waals surface area (Å²) < 4.78 is 29.3. The number of carbonyl (C=O) groups excluding carboxylic acids is 2. The lowest BCUT2D eigenvalue weighted by Crippen LogP contribution is -2.34. The first-order chi connectivity index (χ1) is 16.0. The van der Waals surface area contributed by atoms with Crippen molar-refractivity contribution in [3.8, 4) is 11.8 Å². The zero-order valence-electron chi connectivity index (χ0n) is 17.4. The Morgan fingerprint density at radius 2 is 1.59 bits per heavy atom. The van der Waals surface area contributed by atoms with Gasteiger partial charge in [-0.05, 0) is 81.6 Å². The lowest BCUT2D eigenvalue weighted by molar-refractivity contribution is -0.118. The molecule has 3 amide bonds. The number of benzene rings is 2. The quantitative estimate of drug-likeness (QED) is 0.297. The van der Waals surface area contributed by atoms with Crippen molar-refractivity contribution in [1.82, 2.24) is 14.9 Å². The molecule has 15 heteroatoms. The van der Waals surface area contributed by atoms with Crippen molar-refractivity contribution >= 4 is 68.6 Å². The minimum absolute atomic E-state index is 0. The van der Waals surface area contributed by atoms with Crippen molar-refractivity contribution in [1.29, 1.82) is 5.26 Å². The zero-order chi connectivity index (χ0) is 25.4. The molecule has 0 atom stereocenters. The van der Waals surface area contributed by atoms with Gasteiger partial charge in [-0.2, -0.15) is 5.26 Å². The van der Waals surface area contributed by atoms with E-state index in [9.17, 15) is 28.0 Å². The van der Waals surface area contributed by atoms with E-state index in [4.69, 9.17) is 11.0 Å². The molecule has 11 nitrogen and oxygen atoms in total. The van der Waals surface area contributed by atoms with Crippen molar-refractivity contribution in [2.75, 3.05) is 11.1 Å². The Labute approximate surface area is 237 Å². The van der Waals surface area contributed by atoms with Crippen LogP contribution in [0, 0.1) is 30.1 Å². The van der Waals surface area contributed by atoms with Crippen molar-refractivity contribution in [3.05, 3.63) is 82.1 Å². The molecule has 0 aliphatic carbocycles. The van der Waals surface area contributed by atoms with Crippen LogP contribution in [0.4, 0.5) is 25.1 Å². The normalized spacial score (nSPS) is 9.05. The lowest BCUT2D eigenvalue weighted by Gasteiger charge is -2.09. The van der Waals surface area contributed by atoms with Gasteiger partial charge < -0.3 is 16.5 Å². The second-order valence-electron chi connectivity index (χ2n) is 6.26. The van der Waals surface area contributed by atoms with Gasteiger partial charge in [0.2, 0.25) is 5.91 Å². The monoisotopic (exact) mass is 744 g/mol. The number of carbonyl (C=O) groups is 2. The number of halogens is 4. The molecule has 0 aliphatic heterocycles. The summed E-state index contributed by atoms with van der Waals surface area (Å²) in [7, 11) is 0. The van der Waals surface area contributed by atoms with Crippen LogP contribution in [0.3, 0.4) is 0 Å². The van der Waals surface area contributed by atoms with E-state index in [1.807, 2.05) is 55.5 Å². The van der Waals surface area contributed by atoms with E-state index >= 15 is 0 Å². The van der Waals surface area contributed by atoms with Crippen LogP contribution in [0.15, 0.2) is 52.1 Å². The smallest absolute Gasteiger partial charge is 0.334 e. The first-order valence-corrected chi connectivity index (χ1v) is 11.2. The van der Waals surface area contributed by atoms with Gasteiger partial charge in [0.1, 0.15) is 23.9 Å². The molecule has 0 saturated carbocycles. The molecule has 2 aromatic carbocycles. The predicted molar refractivity (Wildman–Crippen MR) is 153 cm³/mol. The highest BCUT2D eigenvalue weighted by Crippen LogP contribution is 2.17. The minimum Gasteiger partial charge on any atom is -0.412 e. The standard InChI is InChI=1S/2C10H7FIN3O2.2CH4.H2O/c11-6-3-5(12)1-2-7(6)15-8(13)4-9(16)14-10(15)17;11-7-5-6(12)1-2-8(7)14-10(17)15-9(16)3-4-13;;;/h1-4H,13H2,(H,14,16,17);1-2,5H,3H2,(H2,14,15,16,17);2*1H4;1H2. The molecular weight excluding hydrogens is 720 g/mol. The van der Waals surface area contributed by atoms with Crippen LogP contribution in [-0.4, -0.2) is 27.0 Å². The number of aromatic amines is 1. The summed E-state index contributed by atoms with van der Waals surface area (Å²) in [5.41, 5.74) is 4.12. The Balaban J connectivity index is 0. The average molecular weight is 744 g/mol. The maximum absolute atomic E-state index is 13.7. The summed E-state index contributed by atoms with van der Waals surface area (Å²) >= 11 is 3.88. The van der Waals surface area contributed by atoms with E-state index in [1.54, 1.807) is 18.2 Å². The Bertz CT molecular complexity index is 1410. The molecule has 0 aliphatic rings. The number of nitriles is 1. The third-order valence-corrected chi connectivity index (χ3v) is 5.13. The molecule has 1 heterocycles. The molecule has 37 heavy (non-hydrogen) atoms. The fourth-order valence-electron chi connectivity index (χ4n) is 2.41. The van der Waals surface area contributed by atoms with Crippen molar-refractivity contribution in [2.24, 2.45) is 0 Å². The van der Waals surface area contributed by atoms with Crippen LogP contribution in [0.1, 0.15) is 21.3 Å². The molecule has 1 aromatic heterocycles. The number of imide groups is 1. The molecular formula is C22H24F2I2N6O5. The molecule has 7 N–H and O–H groups in total. The van der Waals surface area contributed by atoms with Gasteiger partial charge in [-0.1, -0.05) is 14.9 Å². The number of hydrogen-bond acceptors (Lipinski definition) is 6. The van der Waals surface area contributed by atoms with Gasteiger partial charge in [0, 0.05) is 13.2 Å². The number of nitrogens with two attached hydrogens (primary N) is 1. The molecule has 0 unspecified atom stereocenters. The summed E-state index contributed by atoms with van der Waals surface area (Å²) in [6.45, 7) is 0. The Kier molecular flexibility index (Phi) is 15.9. The second-order valence-corrected chi connectivity index (χ2v) is 8.75. The molecule has 3 aromatic rings. The largest absolute Gasteiger partial charge is 0.412 e. The lowest BCUT2D eigenvalue weighted by atomic mass is 10.3. The summed E-state index contributed by atoms with van der Waals surface area (Å²) in [5.74, 6) is -2.03. The maximum atomic E-state index is 13.7. The number of rotatable bonds is 3. The second kappa shape index (κ2) is 16.4. The third-order valence-electron chi connectivity index (χ3n) is 3.79. The van der Waals surface area contributed by atoms with E-state index in [-0.39, 0.29) is 37.5 Å². The number of nitrogens with one attached hydrogen (secondary N) is 3. The highest BCUT2D eigenvalue weighted by molar-refractivity contribution is 14.1. The van der Waals surface area contributed by atoms with E-state index < -0.39 is 41.2 Å². The van der Waals surface area contributed by atoms with E-state index in [2.05, 4.69) is 5.32 Å². The molecule has 0 bridgehead atoms. The SMILES string of the molecule is C.C.N#CCC(=O)NC(=O)Nc1ccc(I)cc1F.Nc1cc(=O)[nH]c(=O)n1-c1ccc(I)cc1F.O. The highest BCUT2D eigenvalue weighted by atomic mass is 127. The summed E-state index contributed by atoms with van der Waals surface area (Å²) in [4.78, 5) is 46.7. The molecule has 200 valence electrons. The number of nitrogens with zero attached hydrogens (tertiary/aromatic N) is 2. The Morgan fingerprint density at radius 1 is 1.03 bits per heavy atom. The van der Waals surface area contributed by atoms with Crippen LogP contribution >= 0.6 is 45.2 Å². The number of nitrogen functional groups attached to an aromatic ring is 1. The average Bonchev–Trinajstić information content (AvgIpc) is 2.71. The molecule has 3 rings (SSSR count). The number of aromatic nitrogens is 2. The van der Waals surface area contributed by atoms with Gasteiger partial charge in [-0.3, -0.25) is 19.9 Å². The van der Waals surface area contributed by atoms with Gasteiger partial charge in [0.25, 0.3) is 5.56 Å². The fourth-order valence-corrected chi connectivity index (χ4v) is 3.32. The van der Waals surface area contributed by atoms with Gasteiger partial charge >= 0.3 is 11.7 Å². The minimum atomic E-state index is -0.870. The Morgan fingerprint density at radius 3 is 2.11 bits per heavy atom. The predicted octanol–water partition coefficient (Wildman–Crippen LogP) is 3.29. The van der Waals surface area contributed by atoms with E-state index in [1.165, 1.54) is 24.3 Å². The van der Waals surface area contributed by atoms with Crippen LogP contribution in [0.25, 0.3) is 5.69 Å². The molecule has 0 spiro atoms. The fraction of sp³-hybridized carbons (Fsp3) is 0.136. The topological polar surface area (TPSA) is 194 Å². The summed E-state index contributed by atoms with van der Waals surface area (Å²) in [6, 6.07) is 10.3. The summed E-state index contributed by atoms with van der Waals surface area (Å²) in [6.07, 6.45) is -0.428. The van der Waals surface area contributed by atoms with E-state index in [0.717, 1.165) is 10.6 Å². The molecule has 0 fully saturated rings. The maximum Gasteiger partial charge on any atom is 0.334 e. The van der Waals surface area contributed by atoms with Gasteiger partial charge in [0.15, 0.2) is 0 Å². The molecule has 0 radical (unpaired) electrons. The van der Waals surface area contributed by atoms with Crippen molar-refractivity contribution in [3.63, 3.8) is 0 Å². The third kappa shape index (κ3) is 10.6. The summed E-state index contributed by atoms with van der Waals surface area (Å²) in [5, 5.41) is 12.3. The molecule has 0 saturated heterocycles. The first kappa shape index (κ1) is 35.8. The van der Waals surface area contributed by atoms with Gasteiger partial charge in [0.05, 0.1) is 17.4 Å². The van der Waals surface area contributed by atoms with Crippen LogP contribution in [0.2, 0.25) is 0 Å². The number of urea groups is 1. The first-order valence-electron chi connectivity index (χ1n) is 9.02. The van der Waals surface area contributed by atoms with Gasteiger partial charge in [-0.15, -0.1) is 0 Å². The highest BCUT2D eigenvalue weighted by Gasteiger charge is 2.11. The van der Waals surface area contributed by atoms with Gasteiger partial charge in [-0.25, -0.2) is 22.9 Å². The number of hydrogen-bond donors (Lipinski definition) is 4. The Hall–Kier alpha value is -3.37. The van der Waals surface area contributed by atoms with Crippen LogP contribution in [-0.2, 0) is 4.79 Å². The van der Waals surface area contributed by atoms with Crippen molar-refractivity contribution in [2.45, 2.75) is 21.3 Å². The van der Waals surface area contributed by atoms with Crippen molar-refractivity contribution < 1.29 is 23.8 Å². The number of amides is 3. The van der Waals surface area contributed by atoms with Crippen LogP contribution < -0.4 is 27.6 Å². The number of H-pyrrole nitrogens is 1. The number of anilines is 2. The zero-order valence-corrected chi connectivity index (χ0v) is 21.7. The van der Waals surface area contributed by atoms with E-state index in [0.29, 0.717) is 7.14 Å². The van der Waals surface area contributed by atoms with Crippen LogP contribution in [0.5, 0.6) is 0 Å².